The fourth-order valence-corrected chi connectivity index (χ4v) is 1.71. The van der Waals surface area contributed by atoms with Crippen molar-refractivity contribution in [2.24, 2.45) is 5.73 Å². The Morgan fingerprint density at radius 2 is 1.85 bits per heavy atom. The second kappa shape index (κ2) is 5.64. The molecule has 0 aliphatic carbocycles. The van der Waals surface area contributed by atoms with E-state index >= 15 is 0 Å². The van der Waals surface area contributed by atoms with E-state index in [-0.39, 0.29) is 17.7 Å². The molecule has 0 radical (unpaired) electrons. The Morgan fingerprint density at radius 1 is 1.10 bits per heavy atom. The van der Waals surface area contributed by atoms with Gasteiger partial charge >= 0.3 is 0 Å². The molecule has 1 amide bonds. The van der Waals surface area contributed by atoms with Crippen LogP contribution in [0.25, 0.3) is 0 Å². The Balaban J connectivity index is 2.17. The second-order valence-corrected chi connectivity index (χ2v) is 4.13. The minimum absolute atomic E-state index is 0.00652. The van der Waals surface area contributed by atoms with Crippen molar-refractivity contribution >= 4 is 11.6 Å². The molecule has 0 spiro atoms. The van der Waals surface area contributed by atoms with Gasteiger partial charge in [-0.05, 0) is 24.3 Å². The maximum atomic E-state index is 13.4. The average Bonchev–Trinajstić information content (AvgIpc) is 2.41. The molecule has 0 fully saturated rings. The van der Waals surface area contributed by atoms with Gasteiger partial charge in [-0.15, -0.1) is 0 Å². The van der Waals surface area contributed by atoms with Crippen molar-refractivity contribution < 1.29 is 18.0 Å². The number of nitrogens with two attached hydrogens (primary N) is 1. The molecule has 0 saturated heterocycles. The van der Waals surface area contributed by atoms with Crippen molar-refractivity contribution in [1.29, 1.82) is 0 Å². The van der Waals surface area contributed by atoms with Gasteiger partial charge in [0.05, 0.1) is 5.56 Å². The van der Waals surface area contributed by atoms with Gasteiger partial charge in [0.15, 0.2) is 11.6 Å². The van der Waals surface area contributed by atoms with Gasteiger partial charge in [0.25, 0.3) is 5.91 Å². The molecule has 2 aromatic carbocycles. The molecule has 2 aromatic rings. The highest BCUT2D eigenvalue weighted by Crippen LogP contribution is 2.17. The molecule has 0 unspecified atom stereocenters. The third-order valence-corrected chi connectivity index (χ3v) is 2.75. The SMILES string of the molecule is NC(=O)c1cc(NCc2cccc(F)c2F)ccc1F. The number of carbonyl (C=O) groups excluding carboxylic acids is 1. The van der Waals surface area contributed by atoms with Crippen molar-refractivity contribution in [2.75, 3.05) is 5.32 Å². The van der Waals surface area contributed by atoms with Gasteiger partial charge in [-0.1, -0.05) is 12.1 Å². The van der Waals surface area contributed by atoms with Gasteiger partial charge in [0.1, 0.15) is 5.82 Å². The van der Waals surface area contributed by atoms with E-state index in [0.717, 1.165) is 12.1 Å². The summed E-state index contributed by atoms with van der Waals surface area (Å²) in [6.45, 7) is -0.00652. The number of halogens is 3. The van der Waals surface area contributed by atoms with Crippen LogP contribution in [-0.2, 0) is 6.54 Å². The van der Waals surface area contributed by atoms with Crippen molar-refractivity contribution in [3.8, 4) is 0 Å². The average molecular weight is 280 g/mol. The fraction of sp³-hybridized carbons (Fsp3) is 0.0714. The first-order valence-electron chi connectivity index (χ1n) is 5.75. The Labute approximate surface area is 113 Å². The molecular formula is C14H11F3N2O. The molecule has 3 N–H and O–H groups in total. The summed E-state index contributed by atoms with van der Waals surface area (Å²) in [6, 6.07) is 7.49. The standard InChI is InChI=1S/C14H11F3N2O/c15-11-5-4-9(6-10(11)14(18)20)19-7-8-2-1-3-12(16)13(8)17/h1-6,19H,7H2,(H2,18,20). The number of primary amides is 1. The van der Waals surface area contributed by atoms with E-state index in [9.17, 15) is 18.0 Å². The van der Waals surface area contributed by atoms with E-state index in [4.69, 9.17) is 5.73 Å². The van der Waals surface area contributed by atoms with Crippen LogP contribution in [0.1, 0.15) is 15.9 Å². The first-order chi connectivity index (χ1) is 9.49. The summed E-state index contributed by atoms with van der Waals surface area (Å²) < 4.78 is 39.7. The van der Waals surface area contributed by atoms with E-state index < -0.39 is 23.4 Å². The van der Waals surface area contributed by atoms with Gasteiger partial charge in [0, 0.05) is 17.8 Å². The number of amides is 1. The zero-order valence-corrected chi connectivity index (χ0v) is 10.3. The number of benzene rings is 2. The fourth-order valence-electron chi connectivity index (χ4n) is 1.71. The Morgan fingerprint density at radius 3 is 2.55 bits per heavy atom. The highest BCUT2D eigenvalue weighted by Gasteiger charge is 2.10. The summed E-state index contributed by atoms with van der Waals surface area (Å²) in [5.74, 6) is -3.53. The smallest absolute Gasteiger partial charge is 0.251 e. The minimum atomic E-state index is -0.947. The predicted octanol–water partition coefficient (Wildman–Crippen LogP) is 2.81. The van der Waals surface area contributed by atoms with Gasteiger partial charge < -0.3 is 11.1 Å². The van der Waals surface area contributed by atoms with Crippen LogP contribution in [0.15, 0.2) is 36.4 Å². The second-order valence-electron chi connectivity index (χ2n) is 4.13. The third-order valence-electron chi connectivity index (χ3n) is 2.75. The maximum Gasteiger partial charge on any atom is 0.251 e. The lowest BCUT2D eigenvalue weighted by Crippen LogP contribution is -2.13. The molecule has 2 rings (SSSR count). The van der Waals surface area contributed by atoms with Crippen molar-refractivity contribution in [3.63, 3.8) is 0 Å². The van der Waals surface area contributed by atoms with Gasteiger partial charge in [-0.25, -0.2) is 13.2 Å². The van der Waals surface area contributed by atoms with E-state index in [2.05, 4.69) is 5.32 Å². The summed E-state index contributed by atoms with van der Waals surface area (Å²) in [5.41, 5.74) is 5.25. The molecule has 0 aromatic heterocycles. The summed E-state index contributed by atoms with van der Waals surface area (Å²) in [7, 11) is 0. The molecule has 3 nitrogen and oxygen atoms in total. The molecule has 0 heterocycles. The van der Waals surface area contributed by atoms with Gasteiger partial charge in [-0.2, -0.15) is 0 Å². The lowest BCUT2D eigenvalue weighted by molar-refractivity contribution is 0.0996. The Kier molecular flexibility index (Phi) is 3.93. The highest BCUT2D eigenvalue weighted by atomic mass is 19.2. The quantitative estimate of drug-likeness (QED) is 0.904. The monoisotopic (exact) mass is 280 g/mol. The summed E-state index contributed by atoms with van der Waals surface area (Å²) in [5, 5.41) is 2.77. The molecule has 104 valence electrons. The summed E-state index contributed by atoms with van der Waals surface area (Å²) >= 11 is 0. The van der Waals surface area contributed by atoms with Gasteiger partial charge in [0.2, 0.25) is 0 Å². The largest absolute Gasteiger partial charge is 0.381 e. The van der Waals surface area contributed by atoms with Crippen molar-refractivity contribution in [2.45, 2.75) is 6.54 Å². The molecule has 20 heavy (non-hydrogen) atoms. The van der Waals surface area contributed by atoms with Crippen LogP contribution in [0.4, 0.5) is 18.9 Å². The molecule has 0 aliphatic heterocycles. The zero-order chi connectivity index (χ0) is 14.7. The number of hydrogen-bond donors (Lipinski definition) is 2. The molecule has 0 aliphatic rings. The molecular weight excluding hydrogens is 269 g/mol. The maximum absolute atomic E-state index is 13.4. The van der Waals surface area contributed by atoms with E-state index in [0.29, 0.717) is 5.69 Å². The number of carbonyl (C=O) groups is 1. The van der Waals surface area contributed by atoms with Crippen molar-refractivity contribution in [1.82, 2.24) is 0 Å². The molecule has 0 saturated carbocycles. The van der Waals surface area contributed by atoms with Crippen LogP contribution < -0.4 is 11.1 Å². The lowest BCUT2D eigenvalue weighted by atomic mass is 10.1. The van der Waals surface area contributed by atoms with Crippen LogP contribution in [0.3, 0.4) is 0 Å². The van der Waals surface area contributed by atoms with E-state index in [1.54, 1.807) is 0 Å². The topological polar surface area (TPSA) is 55.1 Å². The molecule has 0 bridgehead atoms. The van der Waals surface area contributed by atoms with Crippen LogP contribution in [-0.4, -0.2) is 5.91 Å². The van der Waals surface area contributed by atoms with Crippen LogP contribution in [0, 0.1) is 17.5 Å². The number of rotatable bonds is 4. The third kappa shape index (κ3) is 2.90. The Bertz CT molecular complexity index is 659. The minimum Gasteiger partial charge on any atom is -0.381 e. The zero-order valence-electron chi connectivity index (χ0n) is 10.3. The van der Waals surface area contributed by atoms with Gasteiger partial charge in [-0.3, -0.25) is 4.79 Å². The van der Waals surface area contributed by atoms with Crippen LogP contribution >= 0.6 is 0 Å². The van der Waals surface area contributed by atoms with E-state index in [1.807, 2.05) is 0 Å². The Hall–Kier alpha value is -2.50. The van der Waals surface area contributed by atoms with E-state index in [1.165, 1.54) is 24.3 Å². The normalized spacial score (nSPS) is 10.3. The number of anilines is 1. The lowest BCUT2D eigenvalue weighted by Gasteiger charge is -2.09. The first-order valence-corrected chi connectivity index (χ1v) is 5.75. The van der Waals surface area contributed by atoms with Crippen molar-refractivity contribution in [3.05, 3.63) is 65.0 Å². The highest BCUT2D eigenvalue weighted by molar-refractivity contribution is 5.94. The number of nitrogens with one attached hydrogen (secondary N) is 1. The molecule has 0 atom stereocenters. The predicted molar refractivity (Wildman–Crippen MR) is 68.6 cm³/mol. The molecule has 6 heteroatoms. The first kappa shape index (κ1) is 13.9. The summed E-state index contributed by atoms with van der Waals surface area (Å²) in [4.78, 5) is 11.0. The summed E-state index contributed by atoms with van der Waals surface area (Å²) in [6.07, 6.45) is 0. The van der Waals surface area contributed by atoms with Crippen LogP contribution in [0.5, 0.6) is 0 Å². The van der Waals surface area contributed by atoms with Crippen LogP contribution in [0.2, 0.25) is 0 Å². The number of hydrogen-bond acceptors (Lipinski definition) is 2.